The molecule has 3 N–H and O–H groups in total. The molecule has 3 aromatic heterocycles. The predicted molar refractivity (Wildman–Crippen MR) is 154 cm³/mol. The van der Waals surface area contributed by atoms with Crippen molar-refractivity contribution in [2.45, 2.75) is 11.4 Å². The second-order valence-corrected chi connectivity index (χ2v) is 11.5. The van der Waals surface area contributed by atoms with Crippen molar-refractivity contribution in [3.63, 3.8) is 0 Å². The Morgan fingerprint density at radius 1 is 0.927 bits per heavy atom. The number of amides is 2. The third kappa shape index (κ3) is 5.43. The molecule has 0 atom stereocenters. The first kappa shape index (κ1) is 26.0. The molecule has 0 aliphatic carbocycles. The van der Waals surface area contributed by atoms with Crippen molar-refractivity contribution in [1.29, 1.82) is 0 Å². The Kier molecular flexibility index (Phi) is 6.56. The predicted octanol–water partition coefficient (Wildman–Crippen LogP) is 4.96. The average molecular weight is 566 g/mol. The number of nitrogens with zero attached hydrogens (tertiary/aromatic N) is 2. The summed E-state index contributed by atoms with van der Waals surface area (Å²) in [5.74, 6) is -0.684. The van der Waals surface area contributed by atoms with Crippen LogP contribution in [-0.4, -0.2) is 41.4 Å². The molecule has 0 unspecified atom stereocenters. The van der Waals surface area contributed by atoms with Crippen LogP contribution in [0.2, 0.25) is 0 Å². The number of fused-ring (bicyclic) bond motifs is 2. The molecule has 6 aromatic rings. The van der Waals surface area contributed by atoms with Gasteiger partial charge in [-0.2, -0.15) is 0 Å². The quantitative estimate of drug-likeness (QED) is 0.248. The maximum absolute atomic E-state index is 13.4. The number of sulfone groups is 1. The van der Waals surface area contributed by atoms with Crippen molar-refractivity contribution in [2.24, 2.45) is 0 Å². The highest BCUT2D eigenvalue weighted by Crippen LogP contribution is 2.28. The fraction of sp³-hybridized carbons (Fsp3) is 0.0667. The molecular weight excluding hydrogens is 542 g/mol. The van der Waals surface area contributed by atoms with E-state index in [1.54, 1.807) is 42.8 Å². The second kappa shape index (κ2) is 10.4. The Balaban J connectivity index is 1.29. The van der Waals surface area contributed by atoms with E-state index in [9.17, 15) is 18.0 Å². The molecule has 0 spiro atoms. The molecule has 0 aliphatic rings. The Morgan fingerprint density at radius 2 is 1.71 bits per heavy atom. The molecule has 11 heteroatoms. The Labute approximate surface area is 234 Å². The first-order valence-corrected chi connectivity index (χ1v) is 14.4. The molecule has 0 saturated carbocycles. The molecular formula is C30H23N5O5S. The van der Waals surface area contributed by atoms with E-state index in [0.29, 0.717) is 16.6 Å². The van der Waals surface area contributed by atoms with Crippen molar-refractivity contribution >= 4 is 49.4 Å². The van der Waals surface area contributed by atoms with E-state index in [-0.39, 0.29) is 28.6 Å². The van der Waals surface area contributed by atoms with E-state index in [4.69, 9.17) is 4.42 Å². The average Bonchev–Trinajstić information content (AvgIpc) is 3.65. The Hall–Kier alpha value is -5.29. The number of rotatable bonds is 7. The van der Waals surface area contributed by atoms with Crippen LogP contribution in [0.3, 0.4) is 0 Å². The third-order valence-electron chi connectivity index (χ3n) is 6.59. The van der Waals surface area contributed by atoms with Gasteiger partial charge in [-0.1, -0.05) is 36.4 Å². The van der Waals surface area contributed by atoms with Gasteiger partial charge in [0.2, 0.25) is 5.95 Å². The van der Waals surface area contributed by atoms with Gasteiger partial charge in [-0.15, -0.1) is 0 Å². The zero-order valence-corrected chi connectivity index (χ0v) is 22.5. The second-order valence-electron chi connectivity index (χ2n) is 9.49. The number of hydrogen-bond acceptors (Lipinski definition) is 7. The van der Waals surface area contributed by atoms with E-state index in [0.717, 1.165) is 28.2 Å². The lowest BCUT2D eigenvalue weighted by molar-refractivity contribution is 0.0951. The summed E-state index contributed by atoms with van der Waals surface area (Å²) in [7, 11) is -3.32. The lowest BCUT2D eigenvalue weighted by Gasteiger charge is -2.08. The molecule has 6 rings (SSSR count). The fourth-order valence-corrected chi connectivity index (χ4v) is 5.09. The summed E-state index contributed by atoms with van der Waals surface area (Å²) >= 11 is 0. The summed E-state index contributed by atoms with van der Waals surface area (Å²) in [6, 6.07) is 20.9. The van der Waals surface area contributed by atoms with Crippen LogP contribution in [0.5, 0.6) is 0 Å². The number of aromatic nitrogens is 3. The number of imidazole rings is 1. The van der Waals surface area contributed by atoms with Gasteiger partial charge in [0.05, 0.1) is 28.5 Å². The van der Waals surface area contributed by atoms with Crippen LogP contribution >= 0.6 is 0 Å². The van der Waals surface area contributed by atoms with Gasteiger partial charge in [-0.3, -0.25) is 19.9 Å². The van der Waals surface area contributed by atoms with Crippen molar-refractivity contribution in [2.75, 3.05) is 11.6 Å². The largest absolute Gasteiger partial charge is 0.472 e. The normalized spacial score (nSPS) is 11.5. The highest BCUT2D eigenvalue weighted by Gasteiger charge is 2.19. The number of furan rings is 1. The summed E-state index contributed by atoms with van der Waals surface area (Å²) in [5.41, 5.74) is 3.61. The highest BCUT2D eigenvalue weighted by molar-refractivity contribution is 7.90. The summed E-state index contributed by atoms with van der Waals surface area (Å²) in [6.45, 7) is 0.169. The molecule has 3 aromatic carbocycles. The van der Waals surface area contributed by atoms with Gasteiger partial charge in [0.15, 0.2) is 9.84 Å². The van der Waals surface area contributed by atoms with Gasteiger partial charge in [-0.05, 0) is 52.9 Å². The van der Waals surface area contributed by atoms with Crippen LogP contribution in [0.4, 0.5) is 5.95 Å². The minimum Gasteiger partial charge on any atom is -0.472 e. The number of hydrogen-bond donors (Lipinski definition) is 3. The molecule has 41 heavy (non-hydrogen) atoms. The molecule has 10 nitrogen and oxygen atoms in total. The molecule has 0 radical (unpaired) electrons. The van der Waals surface area contributed by atoms with E-state index >= 15 is 0 Å². The lowest BCUT2D eigenvalue weighted by Crippen LogP contribution is -2.23. The molecule has 204 valence electrons. The number of nitrogens with one attached hydrogen (secondary N) is 3. The first-order chi connectivity index (χ1) is 19.7. The summed E-state index contributed by atoms with van der Waals surface area (Å²) < 4.78 is 28.7. The van der Waals surface area contributed by atoms with E-state index in [2.05, 4.69) is 25.6 Å². The molecule has 0 saturated heterocycles. The van der Waals surface area contributed by atoms with Crippen molar-refractivity contribution in [3.8, 4) is 11.1 Å². The summed E-state index contributed by atoms with van der Waals surface area (Å²) in [6.07, 6.45) is 5.88. The molecule has 0 aliphatic heterocycles. The van der Waals surface area contributed by atoms with Crippen LogP contribution in [0.25, 0.3) is 32.9 Å². The SMILES string of the molecule is CS(=O)(=O)c1ccc(CNC(=O)c2cc(-c3ccoc3)cc3[nH]c(NC(=O)c4cc5ccccc5cn4)nc23)cc1. The topological polar surface area (TPSA) is 147 Å². The smallest absolute Gasteiger partial charge is 0.276 e. The van der Waals surface area contributed by atoms with Gasteiger partial charge in [0, 0.05) is 29.9 Å². The number of benzene rings is 3. The molecule has 0 bridgehead atoms. The number of carbonyl (C=O) groups is 2. The Bertz CT molecular complexity index is 2030. The van der Waals surface area contributed by atoms with Crippen molar-refractivity contribution in [1.82, 2.24) is 20.3 Å². The summed E-state index contributed by atoms with van der Waals surface area (Å²) in [5, 5.41) is 7.41. The van der Waals surface area contributed by atoms with E-state index < -0.39 is 21.7 Å². The maximum atomic E-state index is 13.4. The third-order valence-corrected chi connectivity index (χ3v) is 7.71. The summed E-state index contributed by atoms with van der Waals surface area (Å²) in [4.78, 5) is 38.4. The van der Waals surface area contributed by atoms with E-state index in [1.165, 1.54) is 18.4 Å². The minimum absolute atomic E-state index is 0.162. The van der Waals surface area contributed by atoms with Crippen molar-refractivity contribution < 1.29 is 22.4 Å². The van der Waals surface area contributed by atoms with Crippen LogP contribution in [0.1, 0.15) is 26.4 Å². The maximum Gasteiger partial charge on any atom is 0.276 e. The number of anilines is 1. The molecule has 2 amide bonds. The van der Waals surface area contributed by atoms with Gasteiger partial charge in [-0.25, -0.2) is 13.4 Å². The Morgan fingerprint density at radius 3 is 2.44 bits per heavy atom. The van der Waals surface area contributed by atoms with Gasteiger partial charge >= 0.3 is 0 Å². The minimum atomic E-state index is -3.32. The molecule has 3 heterocycles. The van der Waals surface area contributed by atoms with Gasteiger partial charge < -0.3 is 14.7 Å². The number of aromatic amines is 1. The zero-order valence-electron chi connectivity index (χ0n) is 21.7. The monoisotopic (exact) mass is 565 g/mol. The van der Waals surface area contributed by atoms with Crippen LogP contribution in [-0.2, 0) is 16.4 Å². The number of pyridine rings is 1. The van der Waals surface area contributed by atoms with Gasteiger partial charge in [0.1, 0.15) is 11.2 Å². The number of carbonyl (C=O) groups excluding carboxylic acids is 2. The zero-order chi connectivity index (χ0) is 28.6. The van der Waals surface area contributed by atoms with Gasteiger partial charge in [0.25, 0.3) is 11.8 Å². The van der Waals surface area contributed by atoms with Crippen LogP contribution in [0.15, 0.2) is 101 Å². The van der Waals surface area contributed by atoms with Crippen LogP contribution in [0, 0.1) is 0 Å². The molecule has 0 fully saturated rings. The first-order valence-electron chi connectivity index (χ1n) is 12.5. The van der Waals surface area contributed by atoms with E-state index in [1.807, 2.05) is 30.3 Å². The number of H-pyrrole nitrogens is 1. The standard InChI is InChI=1S/C30H23N5O5S/c1-41(38,39)23-8-6-18(7-9-23)15-32-28(36)24-12-22(21-10-11-40-17-21)14-25-27(24)34-30(33-25)35-29(37)26-13-19-4-2-3-5-20(19)16-31-26/h2-14,16-17H,15H2,1H3,(H,32,36)(H2,33,34,35,37). The fourth-order valence-electron chi connectivity index (χ4n) is 4.46. The lowest BCUT2D eigenvalue weighted by atomic mass is 10.0. The van der Waals surface area contributed by atoms with Crippen LogP contribution < -0.4 is 10.6 Å². The van der Waals surface area contributed by atoms with Crippen molar-refractivity contribution in [3.05, 3.63) is 108 Å². The highest BCUT2D eigenvalue weighted by atomic mass is 32.2.